The van der Waals surface area contributed by atoms with Gasteiger partial charge in [0.25, 0.3) is 16.7 Å². The van der Waals surface area contributed by atoms with Crippen LogP contribution in [0.25, 0.3) is 64.2 Å². The number of pyridine rings is 4. The average Bonchev–Trinajstić information content (AvgIpc) is 3.84. The van der Waals surface area contributed by atoms with E-state index in [1.807, 2.05) is 44.4 Å². The second-order valence-electron chi connectivity index (χ2n) is 14.8. The Labute approximate surface area is 332 Å². The molecule has 8 rings (SSSR count). The fourth-order valence-corrected chi connectivity index (χ4v) is 9.28. The number of nitrogens with zero attached hydrogens (tertiary/aromatic N) is 2. The van der Waals surface area contributed by atoms with Crippen molar-refractivity contribution in [2.24, 2.45) is 5.73 Å². The van der Waals surface area contributed by atoms with Gasteiger partial charge in [0.05, 0.1) is 35.0 Å². The van der Waals surface area contributed by atoms with Crippen molar-refractivity contribution < 1.29 is 4.74 Å². The third-order valence-electron chi connectivity index (χ3n) is 10.4. The smallest absolute Gasteiger partial charge is 0.266 e. The van der Waals surface area contributed by atoms with Crippen LogP contribution in [0.1, 0.15) is 53.1 Å². The van der Waals surface area contributed by atoms with Crippen LogP contribution in [-0.4, -0.2) is 59.1 Å². The van der Waals surface area contributed by atoms with Gasteiger partial charge in [0.2, 0.25) is 5.88 Å². The molecule has 6 aromatic heterocycles. The molecule has 0 aliphatic rings. The summed E-state index contributed by atoms with van der Waals surface area (Å²) >= 11 is 2.90. The summed E-state index contributed by atoms with van der Waals surface area (Å²) in [5.41, 5.74) is 14.1. The molecule has 2 atom stereocenters. The van der Waals surface area contributed by atoms with Gasteiger partial charge in [-0.05, 0) is 93.0 Å². The summed E-state index contributed by atoms with van der Waals surface area (Å²) in [7, 11) is 5.76. The third-order valence-corrected chi connectivity index (χ3v) is 12.4. The Morgan fingerprint density at radius 1 is 0.750 bits per heavy atom. The van der Waals surface area contributed by atoms with Crippen molar-refractivity contribution in [3.8, 4) is 28.1 Å². The van der Waals surface area contributed by atoms with E-state index >= 15 is 0 Å². The number of ether oxygens (including phenoxy) is 1. The van der Waals surface area contributed by atoms with E-state index in [0.29, 0.717) is 45.7 Å². The maximum absolute atomic E-state index is 12.9. The molecule has 0 aliphatic carbocycles. The van der Waals surface area contributed by atoms with Gasteiger partial charge in [-0.15, -0.1) is 22.7 Å². The summed E-state index contributed by atoms with van der Waals surface area (Å²) in [4.78, 5) is 54.7. The summed E-state index contributed by atoms with van der Waals surface area (Å²) in [5, 5.41) is 5.46. The highest BCUT2D eigenvalue weighted by molar-refractivity contribution is 7.19. The number of hydrogen-bond acceptors (Lipinski definition) is 9. The van der Waals surface area contributed by atoms with E-state index in [0.717, 1.165) is 65.6 Å². The molecule has 0 aliphatic heterocycles. The Balaban J connectivity index is 0.000000172. The molecule has 12 heteroatoms. The molecular weight excluding hydrogens is 741 g/mol. The highest BCUT2D eigenvalue weighted by Crippen LogP contribution is 2.41. The first kappa shape index (κ1) is 38.9. The van der Waals surface area contributed by atoms with Crippen LogP contribution in [0.4, 0.5) is 0 Å². The number of hydrogen-bond donors (Lipinski definition) is 4. The molecule has 0 spiro atoms. The maximum Gasteiger partial charge on any atom is 0.266 e. The Bertz CT molecular complexity index is 2920. The summed E-state index contributed by atoms with van der Waals surface area (Å²) in [5.74, 6) is 1.25. The van der Waals surface area contributed by atoms with E-state index in [9.17, 15) is 14.4 Å². The third kappa shape index (κ3) is 7.09. The van der Waals surface area contributed by atoms with E-state index in [-0.39, 0.29) is 16.7 Å². The number of methoxy groups -OCH3 is 1. The lowest BCUT2D eigenvalue weighted by atomic mass is 9.95. The standard InChI is InChI=1S/2C22H23N3O2S/c1-11(10-23)14-5-7-15(8-6-14)17-18-16-9-12(2)28-20(16)21(26)25-19(18)13(3)24-22(17)27-4;1-12(11-25(3)4)14-5-7-15(8-6-14)17-18-16-9-10-28-20(16)22(27)24-19(18)13(2)23-21(17)26/h5-9,11H,10,23H2,1-4H3,(H,25,26);5-10,12H,11H2,1-4H3,(H,23,26)(H,24,27). The molecule has 6 heterocycles. The molecule has 0 saturated carbocycles. The number of aromatic amines is 3. The molecule has 10 nitrogen and oxygen atoms in total. The number of fused-ring (bicyclic) bond motifs is 6. The van der Waals surface area contributed by atoms with Crippen molar-refractivity contribution >= 4 is 64.7 Å². The van der Waals surface area contributed by atoms with Gasteiger partial charge in [-0.25, -0.2) is 4.98 Å². The summed E-state index contributed by atoms with van der Waals surface area (Å²) in [6, 6.07) is 20.5. The van der Waals surface area contributed by atoms with E-state index in [1.54, 1.807) is 7.11 Å². The molecule has 0 fully saturated rings. The minimum absolute atomic E-state index is 0.0752. The van der Waals surface area contributed by atoms with Gasteiger partial charge in [0.15, 0.2) is 0 Å². The zero-order valence-electron chi connectivity index (χ0n) is 32.8. The van der Waals surface area contributed by atoms with Crippen LogP contribution in [0.3, 0.4) is 0 Å². The number of benzene rings is 2. The van der Waals surface area contributed by atoms with E-state index in [1.165, 1.54) is 33.8 Å². The van der Waals surface area contributed by atoms with Crippen molar-refractivity contribution in [3.63, 3.8) is 0 Å². The van der Waals surface area contributed by atoms with Crippen LogP contribution in [0.15, 0.2) is 80.4 Å². The van der Waals surface area contributed by atoms with Crippen LogP contribution >= 0.6 is 22.7 Å². The van der Waals surface area contributed by atoms with Crippen LogP contribution < -0.4 is 27.1 Å². The van der Waals surface area contributed by atoms with Crippen molar-refractivity contribution in [1.29, 1.82) is 0 Å². The fourth-order valence-electron chi connectivity index (χ4n) is 7.57. The Morgan fingerprint density at radius 3 is 1.96 bits per heavy atom. The molecule has 288 valence electrons. The van der Waals surface area contributed by atoms with Gasteiger partial charge in [-0.1, -0.05) is 62.4 Å². The molecule has 56 heavy (non-hydrogen) atoms. The number of aromatic nitrogens is 4. The maximum atomic E-state index is 12.9. The number of nitrogens with two attached hydrogens (primary N) is 1. The van der Waals surface area contributed by atoms with Crippen molar-refractivity contribution in [2.75, 3.05) is 34.3 Å². The molecule has 2 unspecified atom stereocenters. The zero-order valence-corrected chi connectivity index (χ0v) is 34.5. The highest BCUT2D eigenvalue weighted by atomic mass is 32.1. The van der Waals surface area contributed by atoms with E-state index in [4.69, 9.17) is 10.5 Å². The van der Waals surface area contributed by atoms with Crippen LogP contribution in [0.5, 0.6) is 5.88 Å². The molecule has 0 bridgehead atoms. The van der Waals surface area contributed by atoms with Crippen LogP contribution in [0.2, 0.25) is 0 Å². The Morgan fingerprint density at radius 2 is 1.34 bits per heavy atom. The fraction of sp³-hybridized carbons (Fsp3) is 0.273. The first-order valence-electron chi connectivity index (χ1n) is 18.5. The molecule has 8 aromatic rings. The monoisotopic (exact) mass is 786 g/mol. The van der Waals surface area contributed by atoms with Crippen LogP contribution in [-0.2, 0) is 0 Å². The number of aryl methyl sites for hydroxylation is 3. The lowest BCUT2D eigenvalue weighted by molar-refractivity contribution is 0.383. The van der Waals surface area contributed by atoms with Gasteiger partial charge in [-0.3, -0.25) is 14.4 Å². The molecule has 0 amide bonds. The number of rotatable bonds is 8. The summed E-state index contributed by atoms with van der Waals surface area (Å²) in [6.07, 6.45) is 0. The lowest BCUT2D eigenvalue weighted by Gasteiger charge is -2.17. The second kappa shape index (κ2) is 15.6. The van der Waals surface area contributed by atoms with Crippen LogP contribution in [0, 0.1) is 20.8 Å². The van der Waals surface area contributed by atoms with Crippen molar-refractivity contribution in [2.45, 2.75) is 46.5 Å². The van der Waals surface area contributed by atoms with Gasteiger partial charge in [0.1, 0.15) is 9.40 Å². The number of thiophene rings is 2. The van der Waals surface area contributed by atoms with Gasteiger partial charge in [0, 0.05) is 38.7 Å². The number of nitrogens with one attached hydrogen (secondary N) is 3. The predicted octanol–water partition coefficient (Wildman–Crippen LogP) is 8.56. The highest BCUT2D eigenvalue weighted by Gasteiger charge is 2.21. The van der Waals surface area contributed by atoms with Gasteiger partial charge in [-0.2, -0.15) is 0 Å². The number of H-pyrrole nitrogens is 3. The summed E-state index contributed by atoms with van der Waals surface area (Å²) in [6.45, 7) is 11.6. The Kier molecular flexibility index (Phi) is 10.8. The second-order valence-corrected chi connectivity index (χ2v) is 16.9. The largest absolute Gasteiger partial charge is 0.481 e. The minimum atomic E-state index is -0.140. The quantitative estimate of drug-likeness (QED) is 0.121. The topological polar surface area (TPSA) is 150 Å². The molecular formula is C44H46N6O4S2. The normalized spacial score (nSPS) is 12.8. The molecule has 2 aromatic carbocycles. The van der Waals surface area contributed by atoms with E-state index in [2.05, 4.69) is 95.2 Å². The van der Waals surface area contributed by atoms with Crippen molar-refractivity contribution in [3.05, 3.63) is 124 Å². The van der Waals surface area contributed by atoms with Gasteiger partial charge < -0.3 is 30.3 Å². The summed E-state index contributed by atoms with van der Waals surface area (Å²) < 4.78 is 7.03. The van der Waals surface area contributed by atoms with Crippen molar-refractivity contribution in [1.82, 2.24) is 24.8 Å². The zero-order chi connectivity index (χ0) is 40.0. The SMILES string of the molecule is COc1nc(C)c2[nH]c(=O)c3sc(C)cc3c2c1-c1ccc(C(C)CN)cc1.Cc1[nH]c(=O)c(-c2ccc(C(C)CN(C)C)cc2)c2c1[nH]c(=O)c1sccc12. The average molecular weight is 787 g/mol. The minimum Gasteiger partial charge on any atom is -0.481 e. The number of likely N-dealkylation sites (N-methyl/N-ethyl adjacent to an activating group) is 1. The molecule has 5 N–H and O–H groups in total. The first-order valence-corrected chi connectivity index (χ1v) is 20.2. The molecule has 0 saturated heterocycles. The lowest BCUT2D eigenvalue weighted by Crippen LogP contribution is -2.18. The predicted molar refractivity (Wildman–Crippen MR) is 234 cm³/mol. The first-order chi connectivity index (χ1) is 26.8. The van der Waals surface area contributed by atoms with E-state index < -0.39 is 0 Å². The Hall–Kier alpha value is -5.40. The molecule has 0 radical (unpaired) electrons. The van der Waals surface area contributed by atoms with Gasteiger partial charge >= 0.3 is 0 Å².